The summed E-state index contributed by atoms with van der Waals surface area (Å²) in [6.45, 7) is 4.96. The van der Waals surface area contributed by atoms with E-state index in [0.717, 1.165) is 12.1 Å². The van der Waals surface area contributed by atoms with E-state index < -0.39 is 0 Å². The third-order valence-electron chi connectivity index (χ3n) is 3.56. The Morgan fingerprint density at radius 3 is 2.58 bits per heavy atom. The summed E-state index contributed by atoms with van der Waals surface area (Å²) >= 11 is 0. The second-order valence-corrected chi connectivity index (χ2v) is 5.12. The summed E-state index contributed by atoms with van der Waals surface area (Å²) < 4.78 is 5.24. The minimum absolute atomic E-state index is 0.259. The number of nitrogens with one attached hydrogen (secondary N) is 1. The Labute approximate surface area is 115 Å². The molecule has 1 aromatic carbocycles. The lowest BCUT2D eigenvalue weighted by atomic mass is 9.96. The molecule has 1 aromatic rings. The smallest absolute Gasteiger partial charge is 0.338 e. The summed E-state index contributed by atoms with van der Waals surface area (Å²) in [4.78, 5) is 11.7. The fraction of sp³-hybridized carbons (Fsp3) is 0.500. The topological polar surface area (TPSA) is 38.3 Å². The second-order valence-electron chi connectivity index (χ2n) is 5.12. The first-order valence-electron chi connectivity index (χ1n) is 7.08. The molecule has 1 N–H and O–H groups in total. The maximum absolute atomic E-state index is 11.7. The molecule has 0 saturated heterocycles. The summed E-state index contributed by atoms with van der Waals surface area (Å²) in [5.74, 6) is -0.259. The lowest BCUT2D eigenvalue weighted by Crippen LogP contribution is -2.33. The van der Waals surface area contributed by atoms with E-state index in [1.54, 1.807) is 12.1 Å². The van der Waals surface area contributed by atoms with E-state index in [0.29, 0.717) is 18.2 Å². The third-order valence-corrected chi connectivity index (χ3v) is 3.56. The van der Waals surface area contributed by atoms with Gasteiger partial charge in [0.15, 0.2) is 0 Å². The number of esters is 1. The molecule has 1 radical (unpaired) electrons. The van der Waals surface area contributed by atoms with Crippen LogP contribution in [0.15, 0.2) is 24.3 Å². The molecule has 0 amide bonds. The SMILES string of the molecule is [CH2]c1ccc(C(=O)OCCNC2CCCCC2)cc1. The molecule has 19 heavy (non-hydrogen) atoms. The highest BCUT2D eigenvalue weighted by atomic mass is 16.5. The molecule has 0 unspecified atom stereocenters. The summed E-state index contributed by atoms with van der Waals surface area (Å²) in [7, 11) is 0. The van der Waals surface area contributed by atoms with Crippen LogP contribution in [0.25, 0.3) is 0 Å². The van der Waals surface area contributed by atoms with Crippen molar-refractivity contribution < 1.29 is 9.53 Å². The lowest BCUT2D eigenvalue weighted by molar-refractivity contribution is 0.0504. The average molecular weight is 260 g/mol. The number of carbonyl (C=O) groups excluding carboxylic acids is 1. The van der Waals surface area contributed by atoms with Crippen LogP contribution in [0.1, 0.15) is 48.0 Å². The van der Waals surface area contributed by atoms with Crippen molar-refractivity contribution in [2.75, 3.05) is 13.2 Å². The average Bonchev–Trinajstić information content (AvgIpc) is 2.45. The zero-order valence-corrected chi connectivity index (χ0v) is 11.4. The monoisotopic (exact) mass is 260 g/mol. The highest BCUT2D eigenvalue weighted by Crippen LogP contribution is 2.17. The number of rotatable bonds is 5. The van der Waals surface area contributed by atoms with Gasteiger partial charge in [0.1, 0.15) is 6.61 Å². The van der Waals surface area contributed by atoms with Crippen molar-refractivity contribution in [1.29, 1.82) is 0 Å². The van der Waals surface area contributed by atoms with E-state index in [1.807, 2.05) is 12.1 Å². The first kappa shape index (κ1) is 14.1. The van der Waals surface area contributed by atoms with Crippen molar-refractivity contribution in [2.45, 2.75) is 38.1 Å². The van der Waals surface area contributed by atoms with Gasteiger partial charge in [0, 0.05) is 12.6 Å². The molecule has 1 aliphatic carbocycles. The number of ether oxygens (including phenoxy) is 1. The van der Waals surface area contributed by atoms with Crippen molar-refractivity contribution in [1.82, 2.24) is 5.32 Å². The lowest BCUT2D eigenvalue weighted by Gasteiger charge is -2.22. The maximum atomic E-state index is 11.7. The molecule has 0 aliphatic heterocycles. The van der Waals surface area contributed by atoms with Crippen LogP contribution in [-0.4, -0.2) is 25.2 Å². The Bertz CT molecular complexity index is 394. The molecular formula is C16H22NO2. The van der Waals surface area contributed by atoms with E-state index in [4.69, 9.17) is 4.74 Å². The Balaban J connectivity index is 1.64. The first-order chi connectivity index (χ1) is 9.25. The van der Waals surface area contributed by atoms with Gasteiger partial charge in [-0.3, -0.25) is 0 Å². The first-order valence-corrected chi connectivity index (χ1v) is 7.08. The van der Waals surface area contributed by atoms with Crippen LogP contribution < -0.4 is 5.32 Å². The molecule has 2 rings (SSSR count). The fourth-order valence-corrected chi connectivity index (χ4v) is 2.44. The van der Waals surface area contributed by atoms with Crippen molar-refractivity contribution in [3.8, 4) is 0 Å². The highest BCUT2D eigenvalue weighted by molar-refractivity contribution is 5.89. The van der Waals surface area contributed by atoms with Crippen LogP contribution >= 0.6 is 0 Å². The van der Waals surface area contributed by atoms with Gasteiger partial charge < -0.3 is 10.1 Å². The van der Waals surface area contributed by atoms with Crippen LogP contribution in [0.3, 0.4) is 0 Å². The molecule has 0 aromatic heterocycles. The normalized spacial score (nSPS) is 16.3. The minimum Gasteiger partial charge on any atom is -0.461 e. The summed E-state index contributed by atoms with van der Waals surface area (Å²) in [5.41, 5.74) is 1.49. The highest BCUT2D eigenvalue weighted by Gasteiger charge is 2.12. The van der Waals surface area contributed by atoms with Gasteiger partial charge in [-0.25, -0.2) is 4.79 Å². The van der Waals surface area contributed by atoms with Crippen molar-refractivity contribution in [2.24, 2.45) is 0 Å². The Morgan fingerprint density at radius 1 is 1.21 bits per heavy atom. The van der Waals surface area contributed by atoms with Crippen LogP contribution in [0, 0.1) is 6.92 Å². The van der Waals surface area contributed by atoms with Crippen LogP contribution in [0.4, 0.5) is 0 Å². The number of carbonyl (C=O) groups is 1. The molecule has 0 atom stereocenters. The molecule has 103 valence electrons. The van der Waals surface area contributed by atoms with E-state index in [2.05, 4.69) is 12.2 Å². The molecule has 1 aliphatic rings. The van der Waals surface area contributed by atoms with Gasteiger partial charge in [-0.2, -0.15) is 0 Å². The quantitative estimate of drug-likeness (QED) is 0.653. The minimum atomic E-state index is -0.259. The fourth-order valence-electron chi connectivity index (χ4n) is 2.44. The van der Waals surface area contributed by atoms with Gasteiger partial charge in [0.25, 0.3) is 0 Å². The Hall–Kier alpha value is -1.35. The van der Waals surface area contributed by atoms with Gasteiger partial charge in [0.2, 0.25) is 0 Å². The van der Waals surface area contributed by atoms with Crippen LogP contribution in [-0.2, 0) is 4.74 Å². The summed E-state index contributed by atoms with van der Waals surface area (Å²) in [6, 6.07) is 7.74. The van der Waals surface area contributed by atoms with E-state index in [1.165, 1.54) is 32.1 Å². The number of benzene rings is 1. The van der Waals surface area contributed by atoms with E-state index in [9.17, 15) is 4.79 Å². The largest absolute Gasteiger partial charge is 0.461 e. The van der Waals surface area contributed by atoms with E-state index in [-0.39, 0.29) is 5.97 Å². The van der Waals surface area contributed by atoms with Gasteiger partial charge >= 0.3 is 5.97 Å². The van der Waals surface area contributed by atoms with Crippen LogP contribution in [0.5, 0.6) is 0 Å². The van der Waals surface area contributed by atoms with E-state index >= 15 is 0 Å². The summed E-state index contributed by atoms with van der Waals surface area (Å²) in [6.07, 6.45) is 6.48. The predicted octanol–water partition coefficient (Wildman–Crippen LogP) is 2.95. The van der Waals surface area contributed by atoms with Gasteiger partial charge in [-0.1, -0.05) is 31.4 Å². The van der Waals surface area contributed by atoms with Crippen molar-refractivity contribution in [3.05, 3.63) is 42.3 Å². The summed E-state index contributed by atoms with van der Waals surface area (Å²) in [5, 5.41) is 3.45. The Kier molecular flexibility index (Phi) is 5.40. The molecule has 1 fully saturated rings. The molecular weight excluding hydrogens is 238 g/mol. The maximum Gasteiger partial charge on any atom is 0.338 e. The van der Waals surface area contributed by atoms with Crippen molar-refractivity contribution >= 4 is 5.97 Å². The molecule has 0 heterocycles. The standard InChI is InChI=1S/C16H22NO2/c1-13-7-9-14(10-8-13)16(18)19-12-11-17-15-5-3-2-4-6-15/h7-10,15,17H,1-6,11-12H2. The molecule has 0 spiro atoms. The molecule has 1 saturated carbocycles. The second kappa shape index (κ2) is 7.29. The molecule has 3 heteroatoms. The number of hydrogen-bond acceptors (Lipinski definition) is 3. The molecule has 0 bridgehead atoms. The zero-order chi connectivity index (χ0) is 13.5. The third kappa shape index (κ3) is 4.67. The molecule has 3 nitrogen and oxygen atoms in total. The van der Waals surface area contributed by atoms with Gasteiger partial charge in [-0.15, -0.1) is 0 Å². The van der Waals surface area contributed by atoms with Crippen molar-refractivity contribution in [3.63, 3.8) is 0 Å². The predicted molar refractivity (Wildman–Crippen MR) is 76.1 cm³/mol. The van der Waals surface area contributed by atoms with Gasteiger partial charge in [-0.05, 0) is 37.5 Å². The van der Waals surface area contributed by atoms with Gasteiger partial charge in [0.05, 0.1) is 5.56 Å². The Morgan fingerprint density at radius 2 is 1.89 bits per heavy atom. The zero-order valence-electron chi connectivity index (χ0n) is 11.4. The van der Waals surface area contributed by atoms with Crippen LogP contribution in [0.2, 0.25) is 0 Å². The number of hydrogen-bond donors (Lipinski definition) is 1.